The summed E-state index contributed by atoms with van der Waals surface area (Å²) in [5, 5.41) is 3.24. The first kappa shape index (κ1) is 14.5. The maximum Gasteiger partial charge on any atom is 0.228 e. The zero-order valence-corrected chi connectivity index (χ0v) is 13.3. The lowest BCUT2D eigenvalue weighted by Crippen LogP contribution is -1.99. The molecule has 0 aliphatic carbocycles. The van der Waals surface area contributed by atoms with Gasteiger partial charge in [-0.1, -0.05) is 30.3 Å². The molecule has 0 aliphatic rings. The number of aromatic nitrogens is 2. The summed E-state index contributed by atoms with van der Waals surface area (Å²) in [5.41, 5.74) is 2.88. The number of ether oxygens (including phenoxy) is 1. The van der Waals surface area contributed by atoms with Gasteiger partial charge in [0, 0.05) is 6.20 Å². The van der Waals surface area contributed by atoms with E-state index in [-0.39, 0.29) is 0 Å². The number of halogens is 1. The Balaban J connectivity index is 1.67. The molecule has 0 fully saturated rings. The highest BCUT2D eigenvalue weighted by Crippen LogP contribution is 2.27. The minimum Gasteiger partial charge on any atom is -0.472 e. The second kappa shape index (κ2) is 7.04. The van der Waals surface area contributed by atoms with Crippen LogP contribution in [0, 0.1) is 0 Å². The Kier molecular flexibility index (Phi) is 4.65. The van der Waals surface area contributed by atoms with E-state index in [4.69, 9.17) is 4.74 Å². The zero-order chi connectivity index (χ0) is 15.2. The topological polar surface area (TPSA) is 47.0 Å². The molecule has 2 heterocycles. The summed E-state index contributed by atoms with van der Waals surface area (Å²) in [6.45, 7) is 0.488. The van der Waals surface area contributed by atoms with E-state index in [0.717, 1.165) is 21.4 Å². The lowest BCUT2D eigenvalue weighted by molar-refractivity contribution is 0.292. The fraction of sp³-hybridized carbons (Fsp3) is 0.0588. The van der Waals surface area contributed by atoms with E-state index in [0.29, 0.717) is 12.5 Å². The molecule has 0 bridgehead atoms. The first-order valence-corrected chi connectivity index (χ1v) is 7.60. The number of rotatable bonds is 5. The molecule has 1 N–H and O–H groups in total. The fourth-order valence-electron chi connectivity index (χ4n) is 1.93. The van der Waals surface area contributed by atoms with Gasteiger partial charge in [-0.25, -0.2) is 4.98 Å². The van der Waals surface area contributed by atoms with Gasteiger partial charge in [0.25, 0.3) is 0 Å². The number of nitrogens with zero attached hydrogens (tertiary/aromatic N) is 2. The number of benzene rings is 1. The van der Waals surface area contributed by atoms with Crippen molar-refractivity contribution in [2.24, 2.45) is 0 Å². The molecule has 3 rings (SSSR count). The van der Waals surface area contributed by atoms with Crippen LogP contribution in [0.3, 0.4) is 0 Å². The van der Waals surface area contributed by atoms with E-state index in [2.05, 4.69) is 31.2 Å². The van der Waals surface area contributed by atoms with Crippen molar-refractivity contribution in [1.29, 1.82) is 0 Å². The summed E-state index contributed by atoms with van der Waals surface area (Å²) in [4.78, 5) is 8.40. The van der Waals surface area contributed by atoms with Crippen LogP contribution in [0.2, 0.25) is 0 Å². The van der Waals surface area contributed by atoms with Gasteiger partial charge >= 0.3 is 0 Å². The molecule has 5 heteroatoms. The average molecular weight is 356 g/mol. The highest BCUT2D eigenvalue weighted by atomic mass is 79.9. The maximum atomic E-state index is 5.73. The first-order chi connectivity index (χ1) is 10.8. The van der Waals surface area contributed by atoms with Crippen LogP contribution in [0.1, 0.15) is 5.56 Å². The Morgan fingerprint density at radius 3 is 2.59 bits per heavy atom. The molecular weight excluding hydrogens is 342 g/mol. The van der Waals surface area contributed by atoms with Crippen molar-refractivity contribution in [1.82, 2.24) is 9.97 Å². The van der Waals surface area contributed by atoms with Crippen LogP contribution in [0.4, 0.5) is 11.4 Å². The van der Waals surface area contributed by atoms with E-state index >= 15 is 0 Å². The minimum absolute atomic E-state index is 0.488. The van der Waals surface area contributed by atoms with Crippen LogP contribution in [0.5, 0.6) is 5.88 Å². The molecule has 110 valence electrons. The molecule has 0 radical (unpaired) electrons. The molecule has 2 aromatic heterocycles. The normalized spacial score (nSPS) is 10.2. The van der Waals surface area contributed by atoms with E-state index in [1.807, 2.05) is 48.5 Å². The monoisotopic (exact) mass is 355 g/mol. The first-order valence-electron chi connectivity index (χ1n) is 6.80. The lowest BCUT2D eigenvalue weighted by Gasteiger charge is -2.10. The third-order valence-electron chi connectivity index (χ3n) is 2.98. The SMILES string of the molecule is Brc1cc(Nc2cccnc2)cnc1OCc1ccccc1. The Hall–Kier alpha value is -2.40. The van der Waals surface area contributed by atoms with E-state index in [1.165, 1.54) is 0 Å². The summed E-state index contributed by atoms with van der Waals surface area (Å²) in [6.07, 6.45) is 5.23. The van der Waals surface area contributed by atoms with Gasteiger partial charge in [-0.2, -0.15) is 0 Å². The van der Waals surface area contributed by atoms with Gasteiger partial charge in [-0.15, -0.1) is 0 Å². The van der Waals surface area contributed by atoms with Crippen molar-refractivity contribution in [2.75, 3.05) is 5.32 Å². The molecule has 1 aromatic carbocycles. The molecule has 0 amide bonds. The summed E-state index contributed by atoms with van der Waals surface area (Å²) in [7, 11) is 0. The second-order valence-electron chi connectivity index (χ2n) is 4.65. The van der Waals surface area contributed by atoms with Gasteiger partial charge in [-0.3, -0.25) is 4.98 Å². The van der Waals surface area contributed by atoms with Crippen LogP contribution in [0.15, 0.2) is 71.6 Å². The molecule has 22 heavy (non-hydrogen) atoms. The number of anilines is 2. The van der Waals surface area contributed by atoms with Gasteiger partial charge in [0.05, 0.1) is 28.2 Å². The molecular formula is C17H14BrN3O. The van der Waals surface area contributed by atoms with Crippen LogP contribution in [-0.2, 0) is 6.61 Å². The molecule has 0 saturated heterocycles. The highest BCUT2D eigenvalue weighted by molar-refractivity contribution is 9.10. The fourth-order valence-corrected chi connectivity index (χ4v) is 2.39. The smallest absolute Gasteiger partial charge is 0.228 e. The van der Waals surface area contributed by atoms with Crippen LogP contribution in [-0.4, -0.2) is 9.97 Å². The van der Waals surface area contributed by atoms with E-state index in [1.54, 1.807) is 18.6 Å². The second-order valence-corrected chi connectivity index (χ2v) is 5.51. The summed E-state index contributed by atoms with van der Waals surface area (Å²) in [6, 6.07) is 15.8. The largest absolute Gasteiger partial charge is 0.472 e. The predicted octanol–water partition coefficient (Wildman–Crippen LogP) is 4.56. The Morgan fingerprint density at radius 2 is 1.86 bits per heavy atom. The van der Waals surface area contributed by atoms with Crippen molar-refractivity contribution >= 4 is 27.3 Å². The number of nitrogens with one attached hydrogen (secondary N) is 1. The minimum atomic E-state index is 0.488. The molecule has 0 aliphatic heterocycles. The third-order valence-corrected chi connectivity index (χ3v) is 3.54. The predicted molar refractivity (Wildman–Crippen MR) is 90.2 cm³/mol. The standard InChI is InChI=1S/C17H14BrN3O/c18-16-9-15(21-14-7-4-8-19-10-14)11-20-17(16)22-12-13-5-2-1-3-6-13/h1-11,21H,12H2. The van der Waals surface area contributed by atoms with Crippen molar-refractivity contribution in [3.05, 3.63) is 77.2 Å². The molecule has 0 spiro atoms. The van der Waals surface area contributed by atoms with E-state index in [9.17, 15) is 0 Å². The molecule has 0 saturated carbocycles. The van der Waals surface area contributed by atoms with Crippen LogP contribution in [0.25, 0.3) is 0 Å². The van der Waals surface area contributed by atoms with Crippen LogP contribution >= 0.6 is 15.9 Å². The lowest BCUT2D eigenvalue weighted by atomic mass is 10.2. The Bertz CT molecular complexity index is 735. The summed E-state index contributed by atoms with van der Waals surface area (Å²) >= 11 is 3.49. The van der Waals surface area contributed by atoms with Gasteiger partial charge in [-0.05, 0) is 39.7 Å². The average Bonchev–Trinajstić information content (AvgIpc) is 2.56. The van der Waals surface area contributed by atoms with Crippen LogP contribution < -0.4 is 10.1 Å². The number of hydrogen-bond donors (Lipinski definition) is 1. The highest BCUT2D eigenvalue weighted by Gasteiger charge is 2.05. The van der Waals surface area contributed by atoms with Gasteiger partial charge in [0.1, 0.15) is 6.61 Å². The summed E-state index contributed by atoms with van der Waals surface area (Å²) in [5.74, 6) is 0.570. The third kappa shape index (κ3) is 3.83. The maximum absolute atomic E-state index is 5.73. The number of hydrogen-bond acceptors (Lipinski definition) is 4. The zero-order valence-electron chi connectivity index (χ0n) is 11.7. The van der Waals surface area contributed by atoms with Gasteiger partial charge in [0.15, 0.2) is 0 Å². The summed E-state index contributed by atoms with van der Waals surface area (Å²) < 4.78 is 6.53. The quantitative estimate of drug-likeness (QED) is 0.728. The number of pyridine rings is 2. The van der Waals surface area contributed by atoms with Crippen molar-refractivity contribution in [2.45, 2.75) is 6.61 Å². The van der Waals surface area contributed by atoms with Crippen molar-refractivity contribution < 1.29 is 4.74 Å². The molecule has 0 unspecified atom stereocenters. The van der Waals surface area contributed by atoms with Gasteiger partial charge < -0.3 is 10.1 Å². The molecule has 4 nitrogen and oxygen atoms in total. The Labute approximate surface area is 137 Å². The molecule has 0 atom stereocenters. The van der Waals surface area contributed by atoms with Crippen molar-refractivity contribution in [3.8, 4) is 5.88 Å². The van der Waals surface area contributed by atoms with Gasteiger partial charge in [0.2, 0.25) is 5.88 Å². The van der Waals surface area contributed by atoms with E-state index < -0.39 is 0 Å². The molecule has 3 aromatic rings. The van der Waals surface area contributed by atoms with Crippen molar-refractivity contribution in [3.63, 3.8) is 0 Å². The Morgan fingerprint density at radius 1 is 1.00 bits per heavy atom.